The maximum atomic E-state index is 12.8. The van der Waals surface area contributed by atoms with Crippen LogP contribution in [-0.2, 0) is 11.2 Å². The van der Waals surface area contributed by atoms with Crippen LogP contribution >= 0.6 is 27.7 Å². The zero-order chi connectivity index (χ0) is 27.0. The van der Waals surface area contributed by atoms with Crippen molar-refractivity contribution in [1.29, 1.82) is 5.41 Å². The van der Waals surface area contributed by atoms with E-state index in [1.54, 1.807) is 38.5 Å². The van der Waals surface area contributed by atoms with Crippen molar-refractivity contribution in [2.45, 2.75) is 6.42 Å². The molecule has 0 aliphatic carbocycles. The molecule has 5 rings (SSSR count). The van der Waals surface area contributed by atoms with Gasteiger partial charge in [0.05, 0.1) is 24.7 Å². The highest BCUT2D eigenvalue weighted by atomic mass is 79.9. The summed E-state index contributed by atoms with van der Waals surface area (Å²) in [6.45, 7) is 0. The van der Waals surface area contributed by atoms with Gasteiger partial charge >= 0.3 is 0 Å². The number of hydrazone groups is 1. The number of furan rings is 1. The number of rotatable bonds is 7. The summed E-state index contributed by atoms with van der Waals surface area (Å²) < 4.78 is 17.0. The van der Waals surface area contributed by atoms with Crippen molar-refractivity contribution in [3.63, 3.8) is 0 Å². The van der Waals surface area contributed by atoms with Gasteiger partial charge < -0.3 is 13.9 Å². The number of benzene rings is 2. The van der Waals surface area contributed by atoms with Gasteiger partial charge in [0.2, 0.25) is 5.17 Å². The second-order valence-electron chi connectivity index (χ2n) is 8.00. The van der Waals surface area contributed by atoms with Gasteiger partial charge in [-0.2, -0.15) is 15.1 Å². The van der Waals surface area contributed by atoms with Crippen LogP contribution in [-0.4, -0.2) is 46.1 Å². The molecule has 0 atom stereocenters. The van der Waals surface area contributed by atoms with Crippen LogP contribution in [0.15, 0.2) is 73.1 Å². The number of amidine groups is 2. The number of hydrogen-bond acceptors (Lipinski definition) is 9. The summed E-state index contributed by atoms with van der Waals surface area (Å²) in [7, 11) is 3.13. The molecule has 38 heavy (non-hydrogen) atoms. The molecule has 1 amide bonds. The number of fused-ring (bicyclic) bond motifs is 1. The van der Waals surface area contributed by atoms with Crippen LogP contribution in [0, 0.1) is 15.5 Å². The Balaban J connectivity index is 1.37. The standard InChI is InChI=1S/C25H18BrN5O6S/c1-35-20-7-3-13(9-21(20)36-2)10-22-29-30-23(27)17(24(32)28-25(30)38-22)12-15-5-8-19(37-15)16-6-4-14(31(33)34)11-18(16)26/h3-9,11-12,27H,10H2,1-2H3/b17-12-,27-23?. The highest BCUT2D eigenvalue weighted by molar-refractivity contribution is 9.10. The van der Waals surface area contributed by atoms with Gasteiger partial charge in [-0.1, -0.05) is 6.07 Å². The van der Waals surface area contributed by atoms with Gasteiger partial charge in [-0.15, -0.1) is 0 Å². The SMILES string of the molecule is COc1ccc(CC2=NN3C(=N)/C(=C/c4ccc(-c5ccc([N+](=O)[O-])cc5Br)o4)C(=O)N=C3S2)cc1OC. The normalized spacial score (nSPS) is 15.9. The molecule has 3 aromatic rings. The van der Waals surface area contributed by atoms with Crippen LogP contribution < -0.4 is 9.47 Å². The predicted molar refractivity (Wildman–Crippen MR) is 147 cm³/mol. The van der Waals surface area contributed by atoms with Crippen LogP contribution in [0.3, 0.4) is 0 Å². The Kier molecular flexibility index (Phi) is 6.87. The molecule has 0 spiro atoms. The third kappa shape index (κ3) is 4.85. The summed E-state index contributed by atoms with van der Waals surface area (Å²) in [6, 6.07) is 13.2. The fourth-order valence-electron chi connectivity index (χ4n) is 3.80. The molecule has 192 valence electrons. The van der Waals surface area contributed by atoms with Gasteiger partial charge in [-0.3, -0.25) is 20.3 Å². The van der Waals surface area contributed by atoms with E-state index in [0.29, 0.717) is 49.7 Å². The molecule has 0 radical (unpaired) electrons. The Hall–Kier alpha value is -4.23. The number of hydrogen-bond donors (Lipinski definition) is 1. The number of aliphatic imine (C=N–C) groups is 1. The molecule has 3 heterocycles. The molecule has 2 aromatic carbocycles. The molecule has 13 heteroatoms. The number of methoxy groups -OCH3 is 2. The fourth-order valence-corrected chi connectivity index (χ4v) is 5.28. The molecule has 1 aromatic heterocycles. The first-order valence-electron chi connectivity index (χ1n) is 11.0. The van der Waals surface area contributed by atoms with E-state index >= 15 is 0 Å². The average molecular weight is 596 g/mol. The zero-order valence-electron chi connectivity index (χ0n) is 19.9. The smallest absolute Gasteiger partial charge is 0.283 e. The minimum Gasteiger partial charge on any atom is -0.493 e. The van der Waals surface area contributed by atoms with Gasteiger partial charge in [0.1, 0.15) is 16.6 Å². The van der Waals surface area contributed by atoms with E-state index in [0.717, 1.165) is 5.56 Å². The molecule has 0 unspecified atom stereocenters. The van der Waals surface area contributed by atoms with E-state index in [4.69, 9.17) is 19.3 Å². The predicted octanol–water partition coefficient (Wildman–Crippen LogP) is 5.50. The number of thioether (sulfide) groups is 1. The second kappa shape index (κ2) is 10.3. The molecule has 0 saturated carbocycles. The van der Waals surface area contributed by atoms with Crippen molar-refractivity contribution in [2.75, 3.05) is 14.2 Å². The van der Waals surface area contributed by atoms with Gasteiger partial charge in [0, 0.05) is 28.6 Å². The van der Waals surface area contributed by atoms with Gasteiger partial charge in [0.15, 0.2) is 17.3 Å². The molecule has 2 aliphatic heterocycles. The number of ether oxygens (including phenoxy) is 2. The Bertz CT molecular complexity index is 1590. The lowest BCUT2D eigenvalue weighted by Crippen LogP contribution is -2.35. The summed E-state index contributed by atoms with van der Waals surface area (Å²) in [4.78, 5) is 27.4. The first kappa shape index (κ1) is 25.4. The number of carbonyl (C=O) groups is 1. The highest BCUT2D eigenvalue weighted by Gasteiger charge is 2.36. The molecular weight excluding hydrogens is 578 g/mol. The van der Waals surface area contributed by atoms with Crippen molar-refractivity contribution in [3.05, 3.63) is 80.0 Å². The Morgan fingerprint density at radius 2 is 1.95 bits per heavy atom. The maximum absolute atomic E-state index is 12.8. The third-order valence-electron chi connectivity index (χ3n) is 5.64. The van der Waals surface area contributed by atoms with Crippen molar-refractivity contribution < 1.29 is 23.6 Å². The molecule has 0 saturated heterocycles. The van der Waals surface area contributed by atoms with Crippen molar-refractivity contribution in [1.82, 2.24) is 5.01 Å². The van der Waals surface area contributed by atoms with Crippen molar-refractivity contribution >= 4 is 61.4 Å². The summed E-state index contributed by atoms with van der Waals surface area (Å²) in [6.07, 6.45) is 1.88. The van der Waals surface area contributed by atoms with E-state index in [-0.39, 0.29) is 17.1 Å². The lowest BCUT2D eigenvalue weighted by atomic mass is 10.1. The lowest BCUT2D eigenvalue weighted by Gasteiger charge is -2.19. The summed E-state index contributed by atoms with van der Waals surface area (Å²) in [5.41, 5.74) is 1.49. The second-order valence-corrected chi connectivity index (χ2v) is 9.90. The number of carbonyl (C=O) groups excluding carboxylic acids is 1. The maximum Gasteiger partial charge on any atom is 0.283 e. The first-order chi connectivity index (χ1) is 18.3. The monoisotopic (exact) mass is 595 g/mol. The van der Waals surface area contributed by atoms with Crippen molar-refractivity contribution in [3.8, 4) is 22.8 Å². The van der Waals surface area contributed by atoms with E-state index < -0.39 is 10.8 Å². The highest BCUT2D eigenvalue weighted by Crippen LogP contribution is 2.35. The first-order valence-corrected chi connectivity index (χ1v) is 12.6. The molecule has 0 bridgehead atoms. The average Bonchev–Trinajstić information content (AvgIpc) is 3.53. The number of non-ortho nitro benzene ring substituents is 1. The van der Waals surface area contributed by atoms with Crippen molar-refractivity contribution in [2.24, 2.45) is 10.1 Å². The zero-order valence-corrected chi connectivity index (χ0v) is 22.3. The summed E-state index contributed by atoms with van der Waals surface area (Å²) in [5.74, 6) is 1.26. The third-order valence-corrected chi connectivity index (χ3v) is 7.21. The van der Waals surface area contributed by atoms with Crippen LogP contribution in [0.2, 0.25) is 0 Å². The van der Waals surface area contributed by atoms with E-state index in [2.05, 4.69) is 26.0 Å². The quantitative estimate of drug-likeness (QED) is 0.214. The molecular formula is C25H18BrN5O6S. The van der Waals surface area contributed by atoms with Gasteiger partial charge in [-0.25, -0.2) is 0 Å². The minimum atomic E-state index is -0.578. The van der Waals surface area contributed by atoms with E-state index in [1.807, 2.05) is 12.1 Å². The number of nitro benzene ring substituents is 1. The molecule has 2 aliphatic rings. The fraction of sp³-hybridized carbons (Fsp3) is 0.120. The summed E-state index contributed by atoms with van der Waals surface area (Å²) >= 11 is 4.55. The topological polar surface area (TPSA) is 144 Å². The minimum absolute atomic E-state index is 0.0223. The number of nitro groups is 1. The molecule has 11 nitrogen and oxygen atoms in total. The van der Waals surface area contributed by atoms with Crippen LogP contribution in [0.5, 0.6) is 11.5 Å². The number of nitrogens with zero attached hydrogens (tertiary/aromatic N) is 4. The van der Waals surface area contributed by atoms with Gasteiger partial charge in [0.25, 0.3) is 11.6 Å². The Morgan fingerprint density at radius 3 is 2.66 bits per heavy atom. The van der Waals surface area contributed by atoms with E-state index in [1.165, 1.54) is 35.0 Å². The lowest BCUT2D eigenvalue weighted by molar-refractivity contribution is -0.384. The number of amides is 1. The molecule has 1 N–H and O–H groups in total. The molecule has 0 fully saturated rings. The number of halogens is 1. The van der Waals surface area contributed by atoms with Crippen LogP contribution in [0.4, 0.5) is 5.69 Å². The summed E-state index contributed by atoms with van der Waals surface area (Å²) in [5, 5.41) is 26.4. The largest absolute Gasteiger partial charge is 0.493 e. The number of nitrogens with one attached hydrogen (secondary N) is 1. The Labute approximate surface area is 228 Å². The van der Waals surface area contributed by atoms with Crippen LogP contribution in [0.1, 0.15) is 11.3 Å². The Morgan fingerprint density at radius 1 is 1.16 bits per heavy atom. The van der Waals surface area contributed by atoms with Crippen LogP contribution in [0.25, 0.3) is 17.4 Å². The van der Waals surface area contributed by atoms with Gasteiger partial charge in [-0.05, 0) is 69.7 Å². The van der Waals surface area contributed by atoms with E-state index in [9.17, 15) is 14.9 Å².